The van der Waals surface area contributed by atoms with Gasteiger partial charge in [-0.1, -0.05) is 12.1 Å². The zero-order valence-electron chi connectivity index (χ0n) is 8.87. The van der Waals surface area contributed by atoms with Crippen molar-refractivity contribution in [3.63, 3.8) is 0 Å². The smallest absolute Gasteiger partial charge is 0.123 e. The normalized spacial score (nSPS) is 27.3. The maximum Gasteiger partial charge on any atom is 0.123 e. The van der Waals surface area contributed by atoms with Gasteiger partial charge in [0.1, 0.15) is 5.82 Å². The summed E-state index contributed by atoms with van der Waals surface area (Å²) < 4.78 is 18.5. The van der Waals surface area contributed by atoms with Crippen LogP contribution in [0.25, 0.3) is 0 Å². The fourth-order valence-electron chi connectivity index (χ4n) is 1.75. The molecule has 2 nitrogen and oxygen atoms in total. The van der Waals surface area contributed by atoms with E-state index in [0.29, 0.717) is 6.04 Å². The van der Waals surface area contributed by atoms with Crippen LogP contribution >= 0.6 is 0 Å². The van der Waals surface area contributed by atoms with Gasteiger partial charge in [-0.05, 0) is 31.0 Å². The van der Waals surface area contributed by atoms with Crippen LogP contribution in [0, 0.1) is 5.82 Å². The van der Waals surface area contributed by atoms with Gasteiger partial charge in [0.15, 0.2) is 0 Å². The van der Waals surface area contributed by atoms with Crippen LogP contribution in [0.4, 0.5) is 4.39 Å². The van der Waals surface area contributed by atoms with Crippen molar-refractivity contribution in [3.05, 3.63) is 35.6 Å². The van der Waals surface area contributed by atoms with Crippen molar-refractivity contribution in [1.29, 1.82) is 0 Å². The molecule has 1 N–H and O–H groups in total. The highest BCUT2D eigenvalue weighted by Crippen LogP contribution is 2.19. The topological polar surface area (TPSA) is 21.3 Å². The predicted octanol–water partition coefficient (Wildman–Crippen LogP) is 2.27. The molecule has 15 heavy (non-hydrogen) atoms. The molecule has 0 spiro atoms. The van der Waals surface area contributed by atoms with Gasteiger partial charge in [0.05, 0.1) is 6.10 Å². The Morgan fingerprint density at radius 2 is 2.07 bits per heavy atom. The van der Waals surface area contributed by atoms with Crippen molar-refractivity contribution in [1.82, 2.24) is 5.32 Å². The first-order valence-corrected chi connectivity index (χ1v) is 5.36. The van der Waals surface area contributed by atoms with Crippen molar-refractivity contribution in [2.75, 3.05) is 13.2 Å². The van der Waals surface area contributed by atoms with E-state index in [4.69, 9.17) is 4.74 Å². The Balaban J connectivity index is 2.06. The summed E-state index contributed by atoms with van der Waals surface area (Å²) in [4.78, 5) is 0. The third-order valence-corrected chi connectivity index (χ3v) is 2.76. The molecule has 2 atom stereocenters. The van der Waals surface area contributed by atoms with Crippen molar-refractivity contribution in [2.24, 2.45) is 0 Å². The summed E-state index contributed by atoms with van der Waals surface area (Å²) in [6, 6.07) is 7.03. The van der Waals surface area contributed by atoms with E-state index in [1.807, 2.05) is 0 Å². The third kappa shape index (κ3) is 2.76. The molecule has 1 aromatic rings. The minimum atomic E-state index is -0.200. The van der Waals surface area contributed by atoms with Gasteiger partial charge in [0.2, 0.25) is 0 Å². The number of ether oxygens (including phenoxy) is 1. The monoisotopic (exact) mass is 209 g/mol. The van der Waals surface area contributed by atoms with E-state index in [9.17, 15) is 4.39 Å². The van der Waals surface area contributed by atoms with Crippen molar-refractivity contribution >= 4 is 0 Å². The fraction of sp³-hybridized carbons (Fsp3) is 0.500. The first-order valence-electron chi connectivity index (χ1n) is 5.36. The molecule has 82 valence electrons. The number of nitrogens with one attached hydrogen (secondary N) is 1. The molecule has 1 saturated heterocycles. The highest BCUT2D eigenvalue weighted by Gasteiger charge is 2.17. The average Bonchev–Trinajstić information content (AvgIpc) is 2.44. The standard InChI is InChI=1S/C12H16FNO/c1-9-6-7-15-12(8-14-9)10-2-4-11(13)5-3-10/h2-5,9,12,14H,6-8H2,1H3. The lowest BCUT2D eigenvalue weighted by Crippen LogP contribution is -2.27. The van der Waals surface area contributed by atoms with Gasteiger partial charge >= 0.3 is 0 Å². The molecule has 0 radical (unpaired) electrons. The average molecular weight is 209 g/mol. The van der Waals surface area contributed by atoms with E-state index >= 15 is 0 Å². The molecule has 1 aromatic carbocycles. The molecule has 1 aliphatic heterocycles. The number of hydrogen-bond acceptors (Lipinski definition) is 2. The Labute approximate surface area is 89.4 Å². The second kappa shape index (κ2) is 4.73. The maximum atomic E-state index is 12.7. The van der Waals surface area contributed by atoms with E-state index in [0.717, 1.165) is 25.1 Å². The van der Waals surface area contributed by atoms with Crippen LogP contribution in [0.2, 0.25) is 0 Å². The number of benzene rings is 1. The van der Waals surface area contributed by atoms with E-state index in [1.165, 1.54) is 12.1 Å². The summed E-state index contributed by atoms with van der Waals surface area (Å²) in [5.41, 5.74) is 1.04. The van der Waals surface area contributed by atoms with Crippen LogP contribution in [0.5, 0.6) is 0 Å². The summed E-state index contributed by atoms with van der Waals surface area (Å²) >= 11 is 0. The first-order chi connectivity index (χ1) is 7.25. The molecule has 0 aliphatic carbocycles. The van der Waals surface area contributed by atoms with Gasteiger partial charge in [0.25, 0.3) is 0 Å². The molecule has 2 rings (SSSR count). The molecular formula is C12H16FNO. The zero-order chi connectivity index (χ0) is 10.7. The van der Waals surface area contributed by atoms with Crippen molar-refractivity contribution in [3.8, 4) is 0 Å². The summed E-state index contributed by atoms with van der Waals surface area (Å²) in [5, 5.41) is 3.39. The molecule has 0 saturated carbocycles. The summed E-state index contributed by atoms with van der Waals surface area (Å²) in [6.07, 6.45) is 1.08. The summed E-state index contributed by atoms with van der Waals surface area (Å²) in [7, 11) is 0. The van der Waals surface area contributed by atoms with Crippen LogP contribution in [0.1, 0.15) is 25.0 Å². The van der Waals surface area contributed by atoms with Crippen LogP contribution in [-0.4, -0.2) is 19.2 Å². The first kappa shape index (κ1) is 10.6. The van der Waals surface area contributed by atoms with Gasteiger partial charge in [-0.2, -0.15) is 0 Å². The Bertz CT molecular complexity index is 312. The SMILES string of the molecule is CC1CCOC(c2ccc(F)cc2)CN1. The van der Waals surface area contributed by atoms with E-state index in [-0.39, 0.29) is 11.9 Å². The predicted molar refractivity (Wildman–Crippen MR) is 57.2 cm³/mol. The second-order valence-electron chi connectivity index (χ2n) is 4.01. The number of halogens is 1. The zero-order valence-corrected chi connectivity index (χ0v) is 8.87. The van der Waals surface area contributed by atoms with Gasteiger partial charge in [-0.15, -0.1) is 0 Å². The Hall–Kier alpha value is -0.930. The van der Waals surface area contributed by atoms with Crippen LogP contribution in [-0.2, 0) is 4.74 Å². The van der Waals surface area contributed by atoms with Gasteiger partial charge in [-0.3, -0.25) is 0 Å². The molecular weight excluding hydrogens is 193 g/mol. The van der Waals surface area contributed by atoms with Crippen LogP contribution in [0.3, 0.4) is 0 Å². The second-order valence-corrected chi connectivity index (χ2v) is 4.01. The maximum absolute atomic E-state index is 12.7. The minimum absolute atomic E-state index is 0.0514. The van der Waals surface area contributed by atoms with Crippen LogP contribution < -0.4 is 5.32 Å². The highest BCUT2D eigenvalue weighted by molar-refractivity contribution is 5.19. The van der Waals surface area contributed by atoms with E-state index in [1.54, 1.807) is 12.1 Å². The lowest BCUT2D eigenvalue weighted by atomic mass is 10.1. The van der Waals surface area contributed by atoms with E-state index in [2.05, 4.69) is 12.2 Å². The minimum Gasteiger partial charge on any atom is -0.372 e. The largest absolute Gasteiger partial charge is 0.372 e. The lowest BCUT2D eigenvalue weighted by Gasteiger charge is -2.15. The van der Waals surface area contributed by atoms with Gasteiger partial charge in [0, 0.05) is 19.2 Å². The fourth-order valence-corrected chi connectivity index (χ4v) is 1.75. The van der Waals surface area contributed by atoms with Crippen molar-refractivity contribution < 1.29 is 9.13 Å². The van der Waals surface area contributed by atoms with E-state index < -0.39 is 0 Å². The molecule has 1 aliphatic rings. The Morgan fingerprint density at radius 3 is 2.80 bits per heavy atom. The molecule has 1 fully saturated rings. The third-order valence-electron chi connectivity index (χ3n) is 2.76. The summed E-state index contributed by atoms with van der Waals surface area (Å²) in [5.74, 6) is -0.200. The highest BCUT2D eigenvalue weighted by atomic mass is 19.1. The Morgan fingerprint density at radius 1 is 1.33 bits per heavy atom. The summed E-state index contributed by atoms with van der Waals surface area (Å²) in [6.45, 7) is 3.71. The molecule has 0 aromatic heterocycles. The molecule has 3 heteroatoms. The van der Waals surface area contributed by atoms with Gasteiger partial charge in [-0.25, -0.2) is 4.39 Å². The Kier molecular flexibility index (Phi) is 3.34. The van der Waals surface area contributed by atoms with Crippen LogP contribution in [0.15, 0.2) is 24.3 Å². The van der Waals surface area contributed by atoms with Crippen molar-refractivity contribution in [2.45, 2.75) is 25.5 Å². The van der Waals surface area contributed by atoms with Gasteiger partial charge < -0.3 is 10.1 Å². The molecule has 0 amide bonds. The number of hydrogen-bond donors (Lipinski definition) is 1. The molecule has 2 unspecified atom stereocenters. The molecule has 0 bridgehead atoms. The number of rotatable bonds is 1. The lowest BCUT2D eigenvalue weighted by molar-refractivity contribution is 0.0664. The quantitative estimate of drug-likeness (QED) is 0.766. The molecule has 1 heterocycles.